The monoisotopic (exact) mass is 323 g/mol. The van der Waals surface area contributed by atoms with E-state index in [-0.39, 0.29) is 5.91 Å². The minimum Gasteiger partial charge on any atom is -0.351 e. The van der Waals surface area contributed by atoms with Crippen LogP contribution in [-0.2, 0) is 0 Å². The lowest BCUT2D eigenvalue weighted by molar-refractivity contribution is 0.0949. The third-order valence-corrected chi connectivity index (χ3v) is 4.40. The number of rotatable bonds is 6. The van der Waals surface area contributed by atoms with Crippen molar-refractivity contribution in [3.05, 3.63) is 66.5 Å². The molecule has 0 aliphatic rings. The number of fused-ring (bicyclic) bond motifs is 1. The predicted octanol–water partition coefficient (Wildman–Crippen LogP) is 3.54. The van der Waals surface area contributed by atoms with Crippen LogP contribution in [0.5, 0.6) is 0 Å². The van der Waals surface area contributed by atoms with Crippen LogP contribution in [-0.4, -0.2) is 28.2 Å². The van der Waals surface area contributed by atoms with Crippen molar-refractivity contribution in [1.29, 1.82) is 0 Å². The number of nitrogens with zero attached hydrogens (tertiary/aromatic N) is 2. The summed E-state index contributed by atoms with van der Waals surface area (Å²) >= 11 is 1.79. The van der Waals surface area contributed by atoms with Gasteiger partial charge in [-0.15, -0.1) is 11.8 Å². The topological polar surface area (TPSA) is 54.9 Å². The predicted molar refractivity (Wildman–Crippen MR) is 93.7 cm³/mol. The van der Waals surface area contributed by atoms with Gasteiger partial charge in [0.05, 0.1) is 17.2 Å². The van der Waals surface area contributed by atoms with Crippen LogP contribution in [0.2, 0.25) is 0 Å². The highest BCUT2D eigenvalue weighted by atomic mass is 32.2. The summed E-state index contributed by atoms with van der Waals surface area (Å²) in [5, 5.41) is 2.90. The fourth-order valence-electron chi connectivity index (χ4n) is 2.14. The zero-order valence-corrected chi connectivity index (χ0v) is 13.4. The first-order valence-corrected chi connectivity index (χ1v) is 8.49. The van der Waals surface area contributed by atoms with Crippen molar-refractivity contribution < 1.29 is 4.79 Å². The van der Waals surface area contributed by atoms with Crippen molar-refractivity contribution in [1.82, 2.24) is 15.3 Å². The average Bonchev–Trinajstić information content (AvgIpc) is 2.61. The molecule has 4 nitrogen and oxygen atoms in total. The molecule has 5 heteroatoms. The molecular weight excluding hydrogens is 306 g/mol. The molecule has 1 N–H and O–H groups in total. The zero-order chi connectivity index (χ0) is 15.9. The molecule has 1 heterocycles. The van der Waals surface area contributed by atoms with Crippen molar-refractivity contribution in [2.24, 2.45) is 0 Å². The Balaban J connectivity index is 1.47. The Morgan fingerprint density at radius 1 is 1.00 bits per heavy atom. The van der Waals surface area contributed by atoms with Gasteiger partial charge in [-0.2, -0.15) is 0 Å². The first-order valence-electron chi connectivity index (χ1n) is 7.51. The molecule has 0 aliphatic carbocycles. The van der Waals surface area contributed by atoms with Crippen molar-refractivity contribution in [2.75, 3.05) is 12.3 Å². The van der Waals surface area contributed by atoms with Gasteiger partial charge in [0.15, 0.2) is 0 Å². The Bertz CT molecular complexity index is 792. The van der Waals surface area contributed by atoms with Gasteiger partial charge in [-0.1, -0.05) is 30.3 Å². The lowest BCUT2D eigenvalue weighted by Gasteiger charge is -2.05. The third-order valence-electron chi connectivity index (χ3n) is 3.30. The van der Waals surface area contributed by atoms with E-state index < -0.39 is 0 Å². The van der Waals surface area contributed by atoms with Gasteiger partial charge in [0.2, 0.25) is 0 Å². The molecular formula is C18H17N3OS. The van der Waals surface area contributed by atoms with E-state index in [1.165, 1.54) is 11.1 Å². The van der Waals surface area contributed by atoms with Crippen LogP contribution in [0.15, 0.2) is 65.7 Å². The first kappa shape index (κ1) is 15.5. The van der Waals surface area contributed by atoms with E-state index >= 15 is 0 Å². The Hall–Kier alpha value is -2.40. The average molecular weight is 323 g/mol. The number of carbonyl (C=O) groups is 1. The van der Waals surface area contributed by atoms with Crippen LogP contribution < -0.4 is 5.32 Å². The fourth-order valence-corrected chi connectivity index (χ4v) is 3.01. The Morgan fingerprint density at radius 3 is 2.57 bits per heavy atom. The second-order valence-electron chi connectivity index (χ2n) is 5.01. The number of hydrogen-bond acceptors (Lipinski definition) is 4. The SMILES string of the molecule is O=C(NCCCSc1ccccc1)c1cnc2ccccc2n1. The van der Waals surface area contributed by atoms with Gasteiger partial charge in [-0.3, -0.25) is 9.78 Å². The minimum absolute atomic E-state index is 0.173. The van der Waals surface area contributed by atoms with Crippen LogP contribution in [0, 0.1) is 0 Å². The van der Waals surface area contributed by atoms with E-state index in [0.717, 1.165) is 23.2 Å². The van der Waals surface area contributed by atoms with Crippen molar-refractivity contribution in [2.45, 2.75) is 11.3 Å². The maximum Gasteiger partial charge on any atom is 0.271 e. The van der Waals surface area contributed by atoms with Crippen LogP contribution >= 0.6 is 11.8 Å². The molecule has 1 amide bonds. The molecule has 3 aromatic rings. The van der Waals surface area contributed by atoms with Gasteiger partial charge in [0.25, 0.3) is 5.91 Å². The first-order chi connectivity index (χ1) is 11.3. The van der Waals surface area contributed by atoms with E-state index in [1.807, 2.05) is 42.5 Å². The standard InChI is InChI=1S/C18H17N3OS/c22-18(17-13-20-15-9-4-5-10-16(15)21-17)19-11-6-12-23-14-7-2-1-3-8-14/h1-5,7-10,13H,6,11-12H2,(H,19,22). The maximum absolute atomic E-state index is 12.1. The summed E-state index contributed by atoms with van der Waals surface area (Å²) in [4.78, 5) is 22.0. The molecule has 0 aliphatic heterocycles. The van der Waals surface area contributed by atoms with Crippen LogP contribution in [0.1, 0.15) is 16.9 Å². The summed E-state index contributed by atoms with van der Waals surface area (Å²) in [6.07, 6.45) is 2.43. The number of carbonyl (C=O) groups excluding carboxylic acids is 1. The summed E-state index contributed by atoms with van der Waals surface area (Å²) in [6.45, 7) is 0.632. The van der Waals surface area contributed by atoms with Crippen molar-refractivity contribution >= 4 is 28.7 Å². The van der Waals surface area contributed by atoms with Crippen LogP contribution in [0.3, 0.4) is 0 Å². The number of aromatic nitrogens is 2. The molecule has 0 saturated carbocycles. The van der Waals surface area contributed by atoms with E-state index in [1.54, 1.807) is 11.8 Å². The smallest absolute Gasteiger partial charge is 0.271 e. The highest BCUT2D eigenvalue weighted by molar-refractivity contribution is 7.99. The van der Waals surface area contributed by atoms with Crippen LogP contribution in [0.4, 0.5) is 0 Å². The van der Waals surface area contributed by atoms with E-state index in [2.05, 4.69) is 27.4 Å². The quantitative estimate of drug-likeness (QED) is 0.557. The molecule has 0 fully saturated rings. The van der Waals surface area contributed by atoms with Crippen molar-refractivity contribution in [3.63, 3.8) is 0 Å². The highest BCUT2D eigenvalue weighted by Crippen LogP contribution is 2.17. The number of nitrogens with one attached hydrogen (secondary N) is 1. The molecule has 116 valence electrons. The second kappa shape index (κ2) is 7.74. The van der Waals surface area contributed by atoms with Gasteiger partial charge in [-0.25, -0.2) is 4.98 Å². The van der Waals surface area contributed by atoms with Gasteiger partial charge in [0, 0.05) is 11.4 Å². The third kappa shape index (κ3) is 4.29. The summed E-state index contributed by atoms with van der Waals surface area (Å²) in [7, 11) is 0. The second-order valence-corrected chi connectivity index (χ2v) is 6.18. The number of benzene rings is 2. The normalized spacial score (nSPS) is 10.6. The Labute approximate surface area is 139 Å². The van der Waals surface area contributed by atoms with E-state index in [9.17, 15) is 4.79 Å². The van der Waals surface area contributed by atoms with E-state index in [4.69, 9.17) is 0 Å². The molecule has 0 unspecified atom stereocenters. The number of amides is 1. The number of thioether (sulfide) groups is 1. The largest absolute Gasteiger partial charge is 0.351 e. The zero-order valence-electron chi connectivity index (χ0n) is 12.6. The summed E-state index contributed by atoms with van der Waals surface area (Å²) in [6, 6.07) is 17.8. The Kier molecular flexibility index (Phi) is 5.21. The minimum atomic E-state index is -0.173. The molecule has 0 radical (unpaired) electrons. The summed E-state index contributed by atoms with van der Waals surface area (Å²) in [5.74, 6) is 0.793. The molecule has 3 rings (SSSR count). The molecule has 2 aromatic carbocycles. The number of hydrogen-bond donors (Lipinski definition) is 1. The summed E-state index contributed by atoms with van der Waals surface area (Å²) in [5.41, 5.74) is 1.89. The lowest BCUT2D eigenvalue weighted by Crippen LogP contribution is -2.25. The highest BCUT2D eigenvalue weighted by Gasteiger charge is 2.08. The van der Waals surface area contributed by atoms with E-state index in [0.29, 0.717) is 12.2 Å². The molecule has 23 heavy (non-hydrogen) atoms. The van der Waals surface area contributed by atoms with Gasteiger partial charge < -0.3 is 5.32 Å². The van der Waals surface area contributed by atoms with Crippen molar-refractivity contribution in [3.8, 4) is 0 Å². The van der Waals surface area contributed by atoms with Gasteiger partial charge in [-0.05, 0) is 36.4 Å². The van der Waals surface area contributed by atoms with Gasteiger partial charge in [0.1, 0.15) is 5.69 Å². The summed E-state index contributed by atoms with van der Waals surface area (Å²) < 4.78 is 0. The maximum atomic E-state index is 12.1. The fraction of sp³-hybridized carbons (Fsp3) is 0.167. The molecule has 0 saturated heterocycles. The molecule has 1 aromatic heterocycles. The molecule has 0 bridgehead atoms. The lowest BCUT2D eigenvalue weighted by atomic mass is 10.3. The molecule has 0 atom stereocenters. The Morgan fingerprint density at radius 2 is 1.74 bits per heavy atom. The number of para-hydroxylation sites is 2. The van der Waals surface area contributed by atoms with Crippen LogP contribution in [0.25, 0.3) is 11.0 Å². The molecule has 0 spiro atoms. The van der Waals surface area contributed by atoms with Gasteiger partial charge >= 0.3 is 0 Å².